The Morgan fingerprint density at radius 3 is 2.75 bits per heavy atom. The van der Waals surface area contributed by atoms with Crippen molar-refractivity contribution in [1.82, 2.24) is 0 Å². The minimum Gasteiger partial charge on any atom is -0.463 e. The highest BCUT2D eigenvalue weighted by Gasteiger charge is 2.05. The standard InChI is InChI=1S/C11H11F2NO2/c1-2-16-11(15)4-3-7-5-9(13)10(14)6-8(7)12/h3-6H,2,14H2,1H3. The van der Waals surface area contributed by atoms with Crippen molar-refractivity contribution in [3.63, 3.8) is 0 Å². The van der Waals surface area contributed by atoms with Gasteiger partial charge in [0.05, 0.1) is 12.3 Å². The zero-order chi connectivity index (χ0) is 12.1. The molecule has 0 atom stereocenters. The fraction of sp³-hybridized carbons (Fsp3) is 0.182. The van der Waals surface area contributed by atoms with Gasteiger partial charge < -0.3 is 10.5 Å². The molecule has 0 aromatic heterocycles. The van der Waals surface area contributed by atoms with E-state index in [9.17, 15) is 13.6 Å². The molecule has 0 bridgehead atoms. The highest BCUT2D eigenvalue weighted by atomic mass is 19.1. The van der Waals surface area contributed by atoms with Crippen LogP contribution in [0.25, 0.3) is 6.08 Å². The van der Waals surface area contributed by atoms with E-state index in [4.69, 9.17) is 5.73 Å². The molecule has 0 saturated carbocycles. The van der Waals surface area contributed by atoms with Gasteiger partial charge in [0.15, 0.2) is 0 Å². The molecule has 1 aromatic carbocycles. The largest absolute Gasteiger partial charge is 0.463 e. The Morgan fingerprint density at radius 2 is 2.12 bits per heavy atom. The lowest BCUT2D eigenvalue weighted by atomic mass is 10.1. The Kier molecular flexibility index (Phi) is 3.99. The summed E-state index contributed by atoms with van der Waals surface area (Å²) in [4.78, 5) is 10.9. The quantitative estimate of drug-likeness (QED) is 0.489. The fourth-order valence-electron chi connectivity index (χ4n) is 1.05. The number of carbonyl (C=O) groups excluding carboxylic acids is 1. The Balaban J connectivity index is 2.89. The van der Waals surface area contributed by atoms with Crippen molar-refractivity contribution in [3.8, 4) is 0 Å². The monoisotopic (exact) mass is 227 g/mol. The first-order valence-corrected chi connectivity index (χ1v) is 4.64. The SMILES string of the molecule is CCOC(=O)C=Cc1cc(F)c(N)cc1F. The van der Waals surface area contributed by atoms with Crippen LogP contribution < -0.4 is 5.73 Å². The number of rotatable bonds is 3. The Morgan fingerprint density at radius 1 is 1.44 bits per heavy atom. The molecule has 0 aliphatic rings. The molecule has 2 N–H and O–H groups in total. The highest BCUT2D eigenvalue weighted by Crippen LogP contribution is 2.17. The molecule has 3 nitrogen and oxygen atoms in total. The Bertz CT molecular complexity index is 430. The Hall–Kier alpha value is -1.91. The van der Waals surface area contributed by atoms with Crippen LogP contribution in [0.1, 0.15) is 12.5 Å². The zero-order valence-corrected chi connectivity index (χ0v) is 8.67. The number of nitrogen functional groups attached to an aromatic ring is 1. The minimum absolute atomic E-state index is 0.0558. The third-order valence-electron chi connectivity index (χ3n) is 1.80. The van der Waals surface area contributed by atoms with Crippen LogP contribution in [0, 0.1) is 11.6 Å². The summed E-state index contributed by atoms with van der Waals surface area (Å²) in [6.07, 6.45) is 2.16. The summed E-state index contributed by atoms with van der Waals surface area (Å²) in [6, 6.07) is 1.78. The highest BCUT2D eigenvalue weighted by molar-refractivity contribution is 5.87. The van der Waals surface area contributed by atoms with E-state index < -0.39 is 17.6 Å². The van der Waals surface area contributed by atoms with Crippen LogP contribution in [0.5, 0.6) is 0 Å². The van der Waals surface area contributed by atoms with Crippen molar-refractivity contribution in [2.45, 2.75) is 6.92 Å². The average Bonchev–Trinajstić information content (AvgIpc) is 2.22. The van der Waals surface area contributed by atoms with Gasteiger partial charge in [-0.05, 0) is 19.1 Å². The number of halogens is 2. The number of esters is 1. The van der Waals surface area contributed by atoms with Crippen molar-refractivity contribution in [1.29, 1.82) is 0 Å². The van der Waals surface area contributed by atoms with Crippen LogP contribution in [0.2, 0.25) is 0 Å². The lowest BCUT2D eigenvalue weighted by molar-refractivity contribution is -0.137. The van der Waals surface area contributed by atoms with Crippen molar-refractivity contribution in [2.75, 3.05) is 12.3 Å². The van der Waals surface area contributed by atoms with Gasteiger partial charge in [-0.25, -0.2) is 13.6 Å². The summed E-state index contributed by atoms with van der Waals surface area (Å²) in [5.74, 6) is -2.04. The first-order chi connectivity index (χ1) is 7.54. The molecule has 0 aliphatic heterocycles. The van der Waals surface area contributed by atoms with Gasteiger partial charge in [0.1, 0.15) is 11.6 Å². The maximum Gasteiger partial charge on any atom is 0.330 e. The van der Waals surface area contributed by atoms with Crippen molar-refractivity contribution >= 4 is 17.7 Å². The maximum absolute atomic E-state index is 13.2. The van der Waals surface area contributed by atoms with Gasteiger partial charge in [0.25, 0.3) is 0 Å². The molecule has 5 heteroatoms. The summed E-state index contributed by atoms with van der Waals surface area (Å²) >= 11 is 0. The van der Waals surface area contributed by atoms with Crippen molar-refractivity contribution in [3.05, 3.63) is 35.4 Å². The molecule has 0 radical (unpaired) electrons. The van der Waals surface area contributed by atoms with Gasteiger partial charge >= 0.3 is 5.97 Å². The predicted octanol–water partition coefficient (Wildman–Crippen LogP) is 2.12. The number of anilines is 1. The zero-order valence-electron chi connectivity index (χ0n) is 8.67. The van der Waals surface area contributed by atoms with E-state index in [0.717, 1.165) is 24.3 Å². The molecule has 0 unspecified atom stereocenters. The fourth-order valence-corrected chi connectivity index (χ4v) is 1.05. The predicted molar refractivity (Wildman–Crippen MR) is 56.4 cm³/mol. The molecule has 0 amide bonds. The van der Waals surface area contributed by atoms with Crippen LogP contribution in [-0.4, -0.2) is 12.6 Å². The third kappa shape index (κ3) is 3.05. The lowest BCUT2D eigenvalue weighted by Gasteiger charge is -2.00. The molecule has 0 fully saturated rings. The number of benzene rings is 1. The number of carbonyl (C=O) groups is 1. The molecular weight excluding hydrogens is 216 g/mol. The first-order valence-electron chi connectivity index (χ1n) is 4.64. The van der Waals surface area contributed by atoms with Crippen molar-refractivity contribution < 1.29 is 18.3 Å². The van der Waals surface area contributed by atoms with Crippen LogP contribution in [0.3, 0.4) is 0 Å². The van der Waals surface area contributed by atoms with Gasteiger partial charge in [0, 0.05) is 17.7 Å². The molecule has 0 heterocycles. The molecular formula is C11H11F2NO2. The van der Waals surface area contributed by atoms with E-state index in [1.54, 1.807) is 6.92 Å². The topological polar surface area (TPSA) is 52.3 Å². The second kappa shape index (κ2) is 5.25. The van der Waals surface area contributed by atoms with Gasteiger partial charge in [-0.3, -0.25) is 0 Å². The summed E-state index contributed by atoms with van der Waals surface area (Å²) < 4.78 is 30.8. The molecule has 0 aliphatic carbocycles. The molecule has 0 spiro atoms. The molecule has 16 heavy (non-hydrogen) atoms. The molecule has 1 aromatic rings. The third-order valence-corrected chi connectivity index (χ3v) is 1.80. The first kappa shape index (κ1) is 12.2. The molecule has 0 saturated heterocycles. The molecule has 86 valence electrons. The van der Waals surface area contributed by atoms with E-state index >= 15 is 0 Å². The van der Waals surface area contributed by atoms with Gasteiger partial charge in [0.2, 0.25) is 0 Å². The second-order valence-corrected chi connectivity index (χ2v) is 2.98. The number of hydrogen-bond acceptors (Lipinski definition) is 3. The average molecular weight is 227 g/mol. The lowest BCUT2D eigenvalue weighted by Crippen LogP contribution is -1.99. The van der Waals surface area contributed by atoms with Gasteiger partial charge in [-0.2, -0.15) is 0 Å². The minimum atomic E-state index is -0.732. The smallest absolute Gasteiger partial charge is 0.330 e. The van der Waals surface area contributed by atoms with E-state index in [1.807, 2.05) is 0 Å². The van der Waals surface area contributed by atoms with Crippen LogP contribution in [0.4, 0.5) is 14.5 Å². The van der Waals surface area contributed by atoms with Crippen molar-refractivity contribution in [2.24, 2.45) is 0 Å². The van der Waals surface area contributed by atoms with Gasteiger partial charge in [-0.15, -0.1) is 0 Å². The van der Waals surface area contributed by atoms with Crippen LogP contribution >= 0.6 is 0 Å². The number of ether oxygens (including phenoxy) is 1. The van der Waals surface area contributed by atoms with E-state index in [-0.39, 0.29) is 17.9 Å². The normalized spacial score (nSPS) is 10.7. The Labute approximate surface area is 91.5 Å². The summed E-state index contributed by atoms with van der Waals surface area (Å²) in [7, 11) is 0. The summed E-state index contributed by atoms with van der Waals surface area (Å²) in [5, 5.41) is 0. The maximum atomic E-state index is 13.2. The summed E-state index contributed by atoms with van der Waals surface area (Å²) in [6.45, 7) is 1.87. The number of hydrogen-bond donors (Lipinski definition) is 1. The summed E-state index contributed by atoms with van der Waals surface area (Å²) in [5.41, 5.74) is 4.83. The van der Waals surface area contributed by atoms with Crippen LogP contribution in [-0.2, 0) is 9.53 Å². The van der Waals surface area contributed by atoms with E-state index in [2.05, 4.69) is 4.74 Å². The number of nitrogens with two attached hydrogens (primary N) is 1. The van der Waals surface area contributed by atoms with E-state index in [0.29, 0.717) is 0 Å². The molecule has 1 rings (SSSR count). The van der Waals surface area contributed by atoms with Gasteiger partial charge in [-0.1, -0.05) is 0 Å². The van der Waals surface area contributed by atoms with Crippen LogP contribution in [0.15, 0.2) is 18.2 Å². The second-order valence-electron chi connectivity index (χ2n) is 2.98. The van der Waals surface area contributed by atoms with E-state index in [1.165, 1.54) is 0 Å².